The van der Waals surface area contributed by atoms with Crippen molar-refractivity contribution in [2.45, 2.75) is 43.6 Å². The van der Waals surface area contributed by atoms with Gasteiger partial charge in [0, 0.05) is 24.2 Å². The second-order valence-electron chi connectivity index (χ2n) is 7.51. The molecular weight excluding hydrogens is 394 g/mol. The first-order valence-corrected chi connectivity index (χ1v) is 11.2. The van der Waals surface area contributed by atoms with Crippen LogP contribution in [-0.2, 0) is 17.8 Å². The molecule has 1 amide bonds. The van der Waals surface area contributed by atoms with E-state index in [9.17, 15) is 4.79 Å². The third-order valence-electron chi connectivity index (χ3n) is 5.68. The Labute approximate surface area is 179 Å². The Morgan fingerprint density at radius 2 is 1.93 bits per heavy atom. The molecule has 0 spiro atoms. The summed E-state index contributed by atoms with van der Waals surface area (Å²) in [4.78, 5) is 19.9. The maximum Gasteiger partial charge on any atom is 0.240 e. The van der Waals surface area contributed by atoms with Gasteiger partial charge in [-0.2, -0.15) is 0 Å². The molecule has 0 radical (unpaired) electrons. The van der Waals surface area contributed by atoms with Gasteiger partial charge in [0.2, 0.25) is 11.1 Å². The van der Waals surface area contributed by atoms with Crippen molar-refractivity contribution in [3.8, 4) is 0 Å². The van der Waals surface area contributed by atoms with Crippen molar-refractivity contribution < 1.29 is 4.79 Å². The molecule has 0 saturated heterocycles. The van der Waals surface area contributed by atoms with E-state index < -0.39 is 0 Å². The maximum absolute atomic E-state index is 13.2. The Hall–Kier alpha value is -2.93. The summed E-state index contributed by atoms with van der Waals surface area (Å²) in [5.41, 5.74) is 5.00. The van der Waals surface area contributed by atoms with Gasteiger partial charge in [0.05, 0.1) is 10.8 Å². The van der Waals surface area contributed by atoms with E-state index in [1.165, 1.54) is 17.3 Å². The summed E-state index contributed by atoms with van der Waals surface area (Å²) in [5, 5.41) is 10.1. The van der Waals surface area contributed by atoms with Crippen LogP contribution in [0.5, 0.6) is 0 Å². The van der Waals surface area contributed by atoms with Gasteiger partial charge in [-0.3, -0.25) is 4.79 Å². The van der Waals surface area contributed by atoms with Crippen LogP contribution < -0.4 is 4.90 Å². The molecule has 0 unspecified atom stereocenters. The molecule has 152 valence electrons. The molecule has 1 atom stereocenters. The molecule has 5 rings (SSSR count). The number of nitrogens with zero attached hydrogens (tertiary/aromatic N) is 5. The molecule has 0 N–H and O–H groups in total. The number of para-hydroxylation sites is 2. The van der Waals surface area contributed by atoms with E-state index in [4.69, 9.17) is 4.98 Å². The van der Waals surface area contributed by atoms with E-state index in [0.717, 1.165) is 53.7 Å². The fourth-order valence-electron chi connectivity index (χ4n) is 4.25. The quantitative estimate of drug-likeness (QED) is 0.459. The van der Waals surface area contributed by atoms with Gasteiger partial charge in [-0.1, -0.05) is 48.2 Å². The standard InChI is InChI=1S/C23H23N5OS/c1-3-27-19-13-7-5-11-17(19)20-21(27)24-23(26-25-20)30-15(2)22(29)28-14-8-10-16-9-4-6-12-18(16)28/h4-7,9,11-13,15H,3,8,10,14H2,1-2H3/t15-/m1/s1. The number of aryl methyl sites for hydroxylation is 2. The highest BCUT2D eigenvalue weighted by atomic mass is 32.2. The minimum absolute atomic E-state index is 0.0897. The highest BCUT2D eigenvalue weighted by Crippen LogP contribution is 2.31. The lowest BCUT2D eigenvalue weighted by molar-refractivity contribution is -0.117. The average Bonchev–Trinajstić information content (AvgIpc) is 3.11. The Bertz CT molecular complexity index is 1250. The fourth-order valence-corrected chi connectivity index (χ4v) is 5.02. The van der Waals surface area contributed by atoms with Gasteiger partial charge in [-0.25, -0.2) is 4.98 Å². The molecule has 0 fully saturated rings. The van der Waals surface area contributed by atoms with Gasteiger partial charge >= 0.3 is 0 Å². The van der Waals surface area contributed by atoms with Gasteiger partial charge in [0.25, 0.3) is 0 Å². The lowest BCUT2D eigenvalue weighted by atomic mass is 10.0. The van der Waals surface area contributed by atoms with Crippen molar-refractivity contribution in [3.05, 3.63) is 54.1 Å². The lowest BCUT2D eigenvalue weighted by Crippen LogP contribution is -2.40. The first-order chi connectivity index (χ1) is 14.7. The second-order valence-corrected chi connectivity index (χ2v) is 8.82. The molecule has 30 heavy (non-hydrogen) atoms. The van der Waals surface area contributed by atoms with Crippen LogP contribution in [0.1, 0.15) is 25.8 Å². The van der Waals surface area contributed by atoms with Crippen molar-refractivity contribution in [2.24, 2.45) is 0 Å². The number of thioether (sulfide) groups is 1. The van der Waals surface area contributed by atoms with Crippen LogP contribution in [0.2, 0.25) is 0 Å². The Kier molecular flexibility index (Phi) is 4.90. The largest absolute Gasteiger partial charge is 0.324 e. The number of hydrogen-bond donors (Lipinski definition) is 0. The van der Waals surface area contributed by atoms with E-state index in [2.05, 4.69) is 33.8 Å². The van der Waals surface area contributed by atoms with Gasteiger partial charge in [-0.15, -0.1) is 10.2 Å². The number of carbonyl (C=O) groups is 1. The third kappa shape index (κ3) is 3.13. The SMILES string of the molecule is CCn1c2ccccc2c2nnc(S[C@H](C)C(=O)N3CCCc4ccccc43)nc21. The summed E-state index contributed by atoms with van der Waals surface area (Å²) in [6.45, 7) is 5.57. The minimum Gasteiger partial charge on any atom is -0.324 e. The number of benzene rings is 2. The van der Waals surface area contributed by atoms with Crippen LogP contribution in [0.25, 0.3) is 22.1 Å². The number of fused-ring (bicyclic) bond motifs is 4. The summed E-state index contributed by atoms with van der Waals surface area (Å²) in [6.07, 6.45) is 2.01. The van der Waals surface area contributed by atoms with Gasteiger partial charge in [-0.05, 0) is 44.4 Å². The van der Waals surface area contributed by atoms with Gasteiger partial charge in [0.15, 0.2) is 5.65 Å². The minimum atomic E-state index is -0.296. The normalized spacial score (nSPS) is 14.8. The van der Waals surface area contributed by atoms with Crippen molar-refractivity contribution in [2.75, 3.05) is 11.4 Å². The van der Waals surface area contributed by atoms with Gasteiger partial charge < -0.3 is 9.47 Å². The highest BCUT2D eigenvalue weighted by Gasteiger charge is 2.27. The highest BCUT2D eigenvalue weighted by molar-refractivity contribution is 8.00. The summed E-state index contributed by atoms with van der Waals surface area (Å²) in [5.74, 6) is 0.0897. The van der Waals surface area contributed by atoms with E-state index in [1.54, 1.807) is 0 Å². The van der Waals surface area contributed by atoms with Crippen molar-refractivity contribution >= 4 is 45.4 Å². The van der Waals surface area contributed by atoms with E-state index in [-0.39, 0.29) is 11.2 Å². The summed E-state index contributed by atoms with van der Waals surface area (Å²) >= 11 is 1.37. The smallest absolute Gasteiger partial charge is 0.240 e. The third-order valence-corrected chi connectivity index (χ3v) is 6.62. The molecule has 0 saturated carbocycles. The van der Waals surface area contributed by atoms with Crippen molar-refractivity contribution in [3.63, 3.8) is 0 Å². The summed E-state index contributed by atoms with van der Waals surface area (Å²) < 4.78 is 2.15. The number of carbonyl (C=O) groups excluding carboxylic acids is 1. The Morgan fingerprint density at radius 1 is 1.13 bits per heavy atom. The van der Waals surface area contributed by atoms with Crippen LogP contribution in [-0.4, -0.2) is 37.5 Å². The van der Waals surface area contributed by atoms with Crippen LogP contribution in [0.3, 0.4) is 0 Å². The number of anilines is 1. The molecule has 0 aliphatic carbocycles. The zero-order valence-corrected chi connectivity index (χ0v) is 17.9. The molecule has 4 aromatic rings. The summed E-state index contributed by atoms with van der Waals surface area (Å²) in [7, 11) is 0. The van der Waals surface area contributed by atoms with Crippen LogP contribution in [0, 0.1) is 0 Å². The second kappa shape index (κ2) is 7.72. The first-order valence-electron chi connectivity index (χ1n) is 10.3. The van der Waals surface area contributed by atoms with E-state index >= 15 is 0 Å². The molecule has 7 heteroatoms. The first kappa shape index (κ1) is 19.1. The van der Waals surface area contributed by atoms with Crippen LogP contribution in [0.4, 0.5) is 5.69 Å². The number of amides is 1. The van der Waals surface area contributed by atoms with E-state index in [1.807, 2.05) is 48.2 Å². The fraction of sp³-hybridized carbons (Fsp3) is 0.304. The monoisotopic (exact) mass is 417 g/mol. The molecule has 1 aliphatic heterocycles. The molecule has 2 aromatic heterocycles. The topological polar surface area (TPSA) is 63.9 Å². The van der Waals surface area contributed by atoms with Crippen LogP contribution in [0.15, 0.2) is 53.7 Å². The lowest BCUT2D eigenvalue weighted by Gasteiger charge is -2.31. The summed E-state index contributed by atoms with van der Waals surface area (Å²) in [6, 6.07) is 16.3. The molecule has 2 aromatic carbocycles. The average molecular weight is 418 g/mol. The molecule has 3 heterocycles. The zero-order valence-electron chi connectivity index (χ0n) is 17.1. The predicted octanol–water partition coefficient (Wildman–Crippen LogP) is 4.46. The molecule has 6 nitrogen and oxygen atoms in total. The Balaban J connectivity index is 1.44. The number of rotatable bonds is 4. The van der Waals surface area contributed by atoms with Crippen molar-refractivity contribution in [1.29, 1.82) is 0 Å². The van der Waals surface area contributed by atoms with Crippen LogP contribution >= 0.6 is 11.8 Å². The van der Waals surface area contributed by atoms with Crippen molar-refractivity contribution in [1.82, 2.24) is 19.7 Å². The molecular formula is C23H23N5OS. The predicted molar refractivity (Wildman–Crippen MR) is 121 cm³/mol. The molecule has 0 bridgehead atoms. The maximum atomic E-state index is 13.2. The number of hydrogen-bond acceptors (Lipinski definition) is 5. The van der Waals surface area contributed by atoms with E-state index in [0.29, 0.717) is 5.16 Å². The number of aromatic nitrogens is 4. The van der Waals surface area contributed by atoms with Gasteiger partial charge in [0.1, 0.15) is 5.52 Å². The zero-order chi connectivity index (χ0) is 20.7. The molecule has 1 aliphatic rings. The Morgan fingerprint density at radius 3 is 2.80 bits per heavy atom.